The molecule has 156 valence electrons. The molecule has 0 saturated heterocycles. The molecule has 0 radical (unpaired) electrons. The zero-order valence-corrected chi connectivity index (χ0v) is 16.9. The van der Waals surface area contributed by atoms with Gasteiger partial charge in [0.05, 0.1) is 18.1 Å². The number of hydrogen-bond donors (Lipinski definition) is 1. The molecule has 0 aromatic heterocycles. The number of hydroxylamine groups is 2. The van der Waals surface area contributed by atoms with Crippen LogP contribution in [0.2, 0.25) is 0 Å². The molecule has 0 aliphatic rings. The summed E-state index contributed by atoms with van der Waals surface area (Å²) < 4.78 is 42.2. The molecule has 1 N–H and O–H groups in total. The van der Waals surface area contributed by atoms with E-state index >= 15 is 0 Å². The van der Waals surface area contributed by atoms with E-state index in [0.717, 1.165) is 23.3 Å². The Bertz CT molecular complexity index is 1020. The Kier molecular flexibility index (Phi) is 7.25. The Morgan fingerprint density at radius 2 is 1.83 bits per heavy atom. The molecule has 12 heteroatoms. The van der Waals surface area contributed by atoms with Gasteiger partial charge in [0.25, 0.3) is 11.6 Å². The number of benzene rings is 2. The summed E-state index contributed by atoms with van der Waals surface area (Å²) in [6.07, 6.45) is 0. The number of nitrogens with one attached hydrogen (secondary N) is 1. The summed E-state index contributed by atoms with van der Waals surface area (Å²) >= 11 is 6.17. The molecule has 0 aliphatic carbocycles. The third kappa shape index (κ3) is 5.07. The molecule has 2 atom stereocenters. The molecule has 0 bridgehead atoms. The van der Waals surface area contributed by atoms with Gasteiger partial charge in [-0.2, -0.15) is 0 Å². The molecule has 0 unspecified atom stereocenters. The number of hydrogen-bond acceptors (Lipinski definition) is 6. The highest BCUT2D eigenvalue weighted by atomic mass is 35.5. The normalized spacial score (nSPS) is 13.5. The largest absolute Gasteiger partial charge is 0.289 e. The van der Waals surface area contributed by atoms with Gasteiger partial charge in [-0.3, -0.25) is 19.7 Å². The van der Waals surface area contributed by atoms with Crippen molar-refractivity contribution in [1.82, 2.24) is 9.79 Å². The lowest BCUT2D eigenvalue weighted by Gasteiger charge is -2.26. The van der Waals surface area contributed by atoms with Crippen molar-refractivity contribution in [3.8, 4) is 0 Å². The molecule has 9 nitrogen and oxygen atoms in total. The van der Waals surface area contributed by atoms with Crippen LogP contribution in [0.5, 0.6) is 0 Å². The minimum Gasteiger partial charge on any atom is -0.275 e. The first-order valence-corrected chi connectivity index (χ1v) is 9.98. The first-order chi connectivity index (χ1) is 13.6. The van der Waals surface area contributed by atoms with Crippen LogP contribution >= 0.6 is 11.6 Å². The average molecular weight is 446 g/mol. The van der Waals surface area contributed by atoms with Gasteiger partial charge in [-0.1, -0.05) is 30.3 Å². The molecule has 0 saturated carbocycles. The molecule has 0 heterocycles. The van der Waals surface area contributed by atoms with Gasteiger partial charge in [-0.25, -0.2) is 22.6 Å². The number of nitro groups is 1. The summed E-state index contributed by atoms with van der Waals surface area (Å²) in [5, 5.41) is 10.3. The fourth-order valence-electron chi connectivity index (χ4n) is 2.48. The van der Waals surface area contributed by atoms with Gasteiger partial charge in [-0.15, -0.1) is 11.6 Å². The molecular formula is C17H17ClFN3O6S. The number of carbonyl (C=O) groups is 1. The van der Waals surface area contributed by atoms with Crippen LogP contribution < -0.4 is 4.72 Å². The Balaban J connectivity index is 2.55. The van der Waals surface area contributed by atoms with Crippen molar-refractivity contribution in [3.05, 3.63) is 70.0 Å². The number of sulfonamides is 1. The lowest BCUT2D eigenvalue weighted by Crippen LogP contribution is -2.43. The maximum Gasteiger partial charge on any atom is 0.289 e. The number of carbonyl (C=O) groups excluding carboxylic acids is 1. The van der Waals surface area contributed by atoms with E-state index < -0.39 is 48.7 Å². The number of nitro benzene ring substituents is 1. The number of alkyl halides is 1. The SMILES string of the molecule is CON(C)C(=O)[C@@H](Cl)[C@@H](NS(=O)(=O)c1ccccc1[N+](=O)[O-])c1ccccc1F. The van der Waals surface area contributed by atoms with E-state index in [-0.39, 0.29) is 5.56 Å². The highest BCUT2D eigenvalue weighted by Crippen LogP contribution is 2.30. The van der Waals surface area contributed by atoms with Crippen molar-refractivity contribution in [2.75, 3.05) is 14.2 Å². The van der Waals surface area contributed by atoms with Crippen LogP contribution in [0.25, 0.3) is 0 Å². The molecule has 0 spiro atoms. The number of rotatable bonds is 8. The number of nitrogens with zero attached hydrogens (tertiary/aromatic N) is 2. The number of amides is 1. The minimum absolute atomic E-state index is 0.215. The smallest absolute Gasteiger partial charge is 0.275 e. The van der Waals surface area contributed by atoms with Crippen LogP contribution in [0.15, 0.2) is 53.4 Å². The number of halogens is 2. The van der Waals surface area contributed by atoms with Crippen molar-refractivity contribution in [1.29, 1.82) is 0 Å². The van der Waals surface area contributed by atoms with E-state index in [1.807, 2.05) is 0 Å². The first kappa shape index (κ1) is 22.7. The fourth-order valence-corrected chi connectivity index (χ4v) is 4.29. The molecule has 1 amide bonds. The van der Waals surface area contributed by atoms with Crippen molar-refractivity contribution in [3.63, 3.8) is 0 Å². The first-order valence-electron chi connectivity index (χ1n) is 8.06. The zero-order valence-electron chi connectivity index (χ0n) is 15.3. The van der Waals surface area contributed by atoms with Crippen LogP contribution in [0, 0.1) is 15.9 Å². The van der Waals surface area contributed by atoms with Crippen LogP contribution in [-0.2, 0) is 19.7 Å². The minimum atomic E-state index is -4.57. The molecule has 0 aliphatic heterocycles. The standard InChI is InChI=1S/C17H17ClFN3O6S/c1-21(28-2)17(23)15(18)16(11-7-3-4-8-12(11)19)20-29(26,27)14-10-6-5-9-13(14)22(24)25/h3-10,15-16,20H,1-2H3/t15-,16-/m0/s1. The van der Waals surface area contributed by atoms with Crippen molar-refractivity contribution < 1.29 is 27.4 Å². The van der Waals surface area contributed by atoms with Gasteiger partial charge in [0, 0.05) is 18.7 Å². The van der Waals surface area contributed by atoms with Gasteiger partial charge in [0.2, 0.25) is 10.0 Å². The van der Waals surface area contributed by atoms with Crippen LogP contribution in [0.3, 0.4) is 0 Å². The molecule has 2 rings (SSSR count). The second kappa shape index (κ2) is 9.27. The van der Waals surface area contributed by atoms with E-state index in [1.165, 1.54) is 44.5 Å². The topological polar surface area (TPSA) is 119 Å². The average Bonchev–Trinajstić information content (AvgIpc) is 2.71. The van der Waals surface area contributed by atoms with E-state index in [2.05, 4.69) is 4.72 Å². The number of para-hydroxylation sites is 1. The third-order valence-corrected chi connectivity index (χ3v) is 5.91. The second-order valence-corrected chi connectivity index (χ2v) is 7.92. The molecular weight excluding hydrogens is 429 g/mol. The Morgan fingerprint density at radius 1 is 1.24 bits per heavy atom. The van der Waals surface area contributed by atoms with Crippen LogP contribution in [-0.4, -0.2) is 43.8 Å². The molecule has 0 fully saturated rings. The highest BCUT2D eigenvalue weighted by molar-refractivity contribution is 7.89. The second-order valence-electron chi connectivity index (χ2n) is 5.77. The van der Waals surface area contributed by atoms with Gasteiger partial charge in [-0.05, 0) is 12.1 Å². The summed E-state index contributed by atoms with van der Waals surface area (Å²) in [5.41, 5.74) is -0.897. The monoisotopic (exact) mass is 445 g/mol. The van der Waals surface area contributed by atoms with E-state index in [1.54, 1.807) is 0 Å². The van der Waals surface area contributed by atoms with E-state index in [0.29, 0.717) is 0 Å². The Labute approximate surface area is 171 Å². The summed E-state index contributed by atoms with van der Waals surface area (Å²) in [4.78, 5) is 26.8. The lowest BCUT2D eigenvalue weighted by molar-refractivity contribution is -0.387. The highest BCUT2D eigenvalue weighted by Gasteiger charge is 2.37. The Morgan fingerprint density at radius 3 is 2.41 bits per heavy atom. The summed E-state index contributed by atoms with van der Waals surface area (Å²) in [6, 6.07) is 8.16. The van der Waals surface area contributed by atoms with E-state index in [4.69, 9.17) is 16.4 Å². The maximum atomic E-state index is 14.4. The summed E-state index contributed by atoms with van der Waals surface area (Å²) in [7, 11) is -2.13. The molecule has 2 aromatic carbocycles. The van der Waals surface area contributed by atoms with Gasteiger partial charge >= 0.3 is 0 Å². The summed E-state index contributed by atoms with van der Waals surface area (Å²) in [5.74, 6) is -1.67. The van der Waals surface area contributed by atoms with Crippen LogP contribution in [0.4, 0.5) is 10.1 Å². The van der Waals surface area contributed by atoms with Gasteiger partial charge < -0.3 is 0 Å². The van der Waals surface area contributed by atoms with E-state index in [9.17, 15) is 27.7 Å². The predicted molar refractivity (Wildman–Crippen MR) is 102 cm³/mol. The van der Waals surface area contributed by atoms with Crippen LogP contribution in [0.1, 0.15) is 11.6 Å². The lowest BCUT2D eigenvalue weighted by atomic mass is 10.0. The van der Waals surface area contributed by atoms with Gasteiger partial charge in [0.15, 0.2) is 4.90 Å². The molecule has 2 aromatic rings. The van der Waals surface area contributed by atoms with Crippen molar-refractivity contribution >= 4 is 33.2 Å². The predicted octanol–water partition coefficient (Wildman–Crippen LogP) is 2.38. The fraction of sp³-hybridized carbons (Fsp3) is 0.235. The third-order valence-electron chi connectivity index (χ3n) is 3.99. The maximum absolute atomic E-state index is 14.4. The van der Waals surface area contributed by atoms with Crippen molar-refractivity contribution in [2.45, 2.75) is 16.3 Å². The molecule has 29 heavy (non-hydrogen) atoms. The zero-order chi connectivity index (χ0) is 21.8. The van der Waals surface area contributed by atoms with Gasteiger partial charge in [0.1, 0.15) is 11.2 Å². The Hall–Kier alpha value is -2.60. The van der Waals surface area contributed by atoms with Crippen molar-refractivity contribution in [2.24, 2.45) is 0 Å². The quantitative estimate of drug-likeness (QED) is 0.378. The summed E-state index contributed by atoms with van der Waals surface area (Å²) in [6.45, 7) is 0.